The van der Waals surface area contributed by atoms with Gasteiger partial charge < -0.3 is 10.2 Å². The van der Waals surface area contributed by atoms with Gasteiger partial charge in [0.15, 0.2) is 0 Å². The van der Waals surface area contributed by atoms with Crippen molar-refractivity contribution in [2.24, 2.45) is 5.92 Å². The fraction of sp³-hybridized carbons (Fsp3) is 0.433. The van der Waals surface area contributed by atoms with E-state index < -0.39 is 6.43 Å². The molecule has 200 valence electrons. The Balaban J connectivity index is 1.18. The maximum Gasteiger partial charge on any atom is 0.275 e. The highest BCUT2D eigenvalue weighted by Crippen LogP contribution is 2.34. The van der Waals surface area contributed by atoms with E-state index in [1.807, 2.05) is 11.0 Å². The van der Waals surface area contributed by atoms with Gasteiger partial charge in [-0.2, -0.15) is 0 Å². The van der Waals surface area contributed by atoms with Crippen LogP contribution in [-0.2, 0) is 4.79 Å². The SMILES string of the molecule is O=C(Nc1ccccc1-c1cccc(C(F)F)c1)c1csc(C2CCN(C(=O)CCC3CCCC3)CC2)n1. The standard InChI is InChI=1S/C30H33F2N3O2S/c31-28(32)23-9-5-8-22(18-23)24-10-3-4-11-25(24)33-29(37)26-19-38-30(34-26)21-14-16-35(17-15-21)27(36)13-12-20-6-1-2-7-20/h3-5,8-11,18-21,28H,1-2,6-7,12-17H2,(H,33,37). The summed E-state index contributed by atoms with van der Waals surface area (Å²) in [5, 5.41) is 5.60. The molecule has 38 heavy (non-hydrogen) atoms. The van der Waals surface area contributed by atoms with Crippen molar-refractivity contribution >= 4 is 28.8 Å². The van der Waals surface area contributed by atoms with Crippen molar-refractivity contribution < 1.29 is 18.4 Å². The first-order valence-electron chi connectivity index (χ1n) is 13.5. The molecule has 1 N–H and O–H groups in total. The van der Waals surface area contributed by atoms with E-state index in [9.17, 15) is 18.4 Å². The second-order valence-electron chi connectivity index (χ2n) is 10.3. The summed E-state index contributed by atoms with van der Waals surface area (Å²) in [5.41, 5.74) is 2.11. The fourth-order valence-electron chi connectivity index (χ4n) is 5.61. The second kappa shape index (κ2) is 12.2. The Kier molecular flexibility index (Phi) is 8.47. The zero-order valence-electron chi connectivity index (χ0n) is 21.4. The summed E-state index contributed by atoms with van der Waals surface area (Å²) >= 11 is 1.48. The number of alkyl halides is 2. The van der Waals surface area contributed by atoms with Crippen LogP contribution >= 0.6 is 11.3 Å². The highest BCUT2D eigenvalue weighted by molar-refractivity contribution is 7.10. The molecule has 1 aliphatic carbocycles. The number of nitrogens with one attached hydrogen (secondary N) is 1. The van der Waals surface area contributed by atoms with Crippen molar-refractivity contribution in [2.45, 2.75) is 63.7 Å². The van der Waals surface area contributed by atoms with Gasteiger partial charge in [-0.05, 0) is 42.9 Å². The fourth-order valence-corrected chi connectivity index (χ4v) is 6.58. The number of benzene rings is 2. The van der Waals surface area contributed by atoms with Crippen molar-refractivity contribution in [2.75, 3.05) is 18.4 Å². The minimum absolute atomic E-state index is 0.0608. The van der Waals surface area contributed by atoms with Crippen molar-refractivity contribution in [3.8, 4) is 11.1 Å². The Hall–Kier alpha value is -3.13. The van der Waals surface area contributed by atoms with Crippen molar-refractivity contribution in [1.29, 1.82) is 0 Å². The Labute approximate surface area is 226 Å². The molecular formula is C30H33F2N3O2S. The van der Waals surface area contributed by atoms with Crippen LogP contribution in [0.5, 0.6) is 0 Å². The third-order valence-electron chi connectivity index (χ3n) is 7.82. The number of para-hydroxylation sites is 1. The van der Waals surface area contributed by atoms with E-state index in [1.54, 1.807) is 35.7 Å². The molecule has 2 aliphatic rings. The molecule has 3 aromatic rings. The van der Waals surface area contributed by atoms with Crippen LogP contribution in [0.15, 0.2) is 53.9 Å². The topological polar surface area (TPSA) is 62.3 Å². The summed E-state index contributed by atoms with van der Waals surface area (Å²) in [5.74, 6) is 0.910. The molecule has 2 heterocycles. The molecule has 1 aliphatic heterocycles. The quantitative estimate of drug-likeness (QED) is 0.321. The molecule has 2 fully saturated rings. The number of amides is 2. The number of thiazole rings is 1. The number of aromatic nitrogens is 1. The number of likely N-dealkylation sites (tertiary alicyclic amines) is 1. The first kappa shape index (κ1) is 26.5. The molecule has 0 unspecified atom stereocenters. The molecule has 1 saturated carbocycles. The predicted octanol–water partition coefficient (Wildman–Crippen LogP) is 7.68. The molecular weight excluding hydrogens is 504 g/mol. The van der Waals surface area contributed by atoms with Gasteiger partial charge in [0, 0.05) is 47.6 Å². The molecule has 1 saturated heterocycles. The van der Waals surface area contributed by atoms with E-state index in [4.69, 9.17) is 0 Å². The van der Waals surface area contributed by atoms with E-state index in [2.05, 4.69) is 10.3 Å². The molecule has 2 amide bonds. The van der Waals surface area contributed by atoms with E-state index in [0.717, 1.165) is 43.3 Å². The molecule has 0 spiro atoms. The summed E-state index contributed by atoms with van der Waals surface area (Å²) in [6.45, 7) is 1.47. The summed E-state index contributed by atoms with van der Waals surface area (Å²) < 4.78 is 26.4. The Morgan fingerprint density at radius 2 is 1.79 bits per heavy atom. The Bertz CT molecular complexity index is 1260. The number of nitrogens with zero attached hydrogens (tertiary/aromatic N) is 2. The number of hydrogen-bond donors (Lipinski definition) is 1. The lowest BCUT2D eigenvalue weighted by Crippen LogP contribution is -2.38. The average molecular weight is 538 g/mol. The van der Waals surface area contributed by atoms with Crippen LogP contribution in [0.25, 0.3) is 11.1 Å². The number of carbonyl (C=O) groups excluding carboxylic acids is 2. The first-order chi connectivity index (χ1) is 18.5. The Morgan fingerprint density at radius 1 is 1.03 bits per heavy atom. The highest BCUT2D eigenvalue weighted by Gasteiger charge is 2.27. The van der Waals surface area contributed by atoms with Crippen LogP contribution in [-0.4, -0.2) is 34.8 Å². The third kappa shape index (κ3) is 6.29. The van der Waals surface area contributed by atoms with Crippen molar-refractivity contribution in [3.63, 3.8) is 0 Å². The summed E-state index contributed by atoms with van der Waals surface area (Å²) in [4.78, 5) is 32.3. The monoisotopic (exact) mass is 537 g/mol. The average Bonchev–Trinajstić information content (AvgIpc) is 3.65. The zero-order chi connectivity index (χ0) is 26.5. The van der Waals surface area contributed by atoms with Crippen LogP contribution in [0.1, 0.15) is 84.8 Å². The van der Waals surface area contributed by atoms with E-state index in [-0.39, 0.29) is 23.3 Å². The van der Waals surface area contributed by atoms with Gasteiger partial charge in [0.1, 0.15) is 5.69 Å². The molecule has 2 aromatic carbocycles. The van der Waals surface area contributed by atoms with Gasteiger partial charge in [0.05, 0.1) is 5.01 Å². The summed E-state index contributed by atoms with van der Waals surface area (Å²) in [7, 11) is 0. The van der Waals surface area contributed by atoms with Crippen LogP contribution in [0, 0.1) is 5.92 Å². The van der Waals surface area contributed by atoms with Gasteiger partial charge in [-0.15, -0.1) is 11.3 Å². The number of hydrogen-bond acceptors (Lipinski definition) is 4. The van der Waals surface area contributed by atoms with E-state index in [1.165, 1.54) is 49.2 Å². The minimum Gasteiger partial charge on any atom is -0.343 e. The van der Waals surface area contributed by atoms with Gasteiger partial charge in [0.2, 0.25) is 5.91 Å². The van der Waals surface area contributed by atoms with Crippen molar-refractivity contribution in [3.05, 3.63) is 70.2 Å². The van der Waals surface area contributed by atoms with Gasteiger partial charge in [0.25, 0.3) is 12.3 Å². The molecule has 8 heteroatoms. The highest BCUT2D eigenvalue weighted by atomic mass is 32.1. The number of piperidine rings is 1. The summed E-state index contributed by atoms with van der Waals surface area (Å²) in [6, 6.07) is 13.4. The van der Waals surface area contributed by atoms with Gasteiger partial charge in [-0.25, -0.2) is 13.8 Å². The van der Waals surface area contributed by atoms with Crippen LogP contribution in [0.2, 0.25) is 0 Å². The predicted molar refractivity (Wildman–Crippen MR) is 147 cm³/mol. The molecule has 0 bridgehead atoms. The van der Waals surface area contributed by atoms with Gasteiger partial charge in [-0.3, -0.25) is 9.59 Å². The zero-order valence-corrected chi connectivity index (χ0v) is 22.2. The lowest BCUT2D eigenvalue weighted by molar-refractivity contribution is -0.132. The largest absolute Gasteiger partial charge is 0.343 e. The third-order valence-corrected chi connectivity index (χ3v) is 8.82. The first-order valence-corrected chi connectivity index (χ1v) is 14.4. The molecule has 1 aromatic heterocycles. The van der Waals surface area contributed by atoms with Gasteiger partial charge >= 0.3 is 0 Å². The van der Waals surface area contributed by atoms with Crippen LogP contribution < -0.4 is 5.32 Å². The second-order valence-corrected chi connectivity index (χ2v) is 11.2. The van der Waals surface area contributed by atoms with Crippen molar-refractivity contribution in [1.82, 2.24) is 9.88 Å². The summed E-state index contributed by atoms with van der Waals surface area (Å²) in [6.07, 6.45) is 5.97. The van der Waals surface area contributed by atoms with E-state index in [0.29, 0.717) is 28.9 Å². The minimum atomic E-state index is -2.56. The lowest BCUT2D eigenvalue weighted by Gasteiger charge is -2.31. The number of halogens is 2. The molecule has 0 atom stereocenters. The normalized spacial score (nSPS) is 16.8. The Morgan fingerprint density at radius 3 is 2.55 bits per heavy atom. The maximum absolute atomic E-state index is 13.2. The number of rotatable bonds is 8. The van der Waals surface area contributed by atoms with Crippen LogP contribution in [0.3, 0.4) is 0 Å². The molecule has 5 rings (SSSR count). The maximum atomic E-state index is 13.2. The number of carbonyl (C=O) groups is 2. The van der Waals surface area contributed by atoms with Crippen LogP contribution in [0.4, 0.5) is 14.5 Å². The van der Waals surface area contributed by atoms with Gasteiger partial charge in [-0.1, -0.05) is 62.1 Å². The molecule has 5 nitrogen and oxygen atoms in total. The lowest BCUT2D eigenvalue weighted by atomic mass is 9.96. The van der Waals surface area contributed by atoms with E-state index >= 15 is 0 Å². The molecule has 0 radical (unpaired) electrons. The number of anilines is 1. The smallest absolute Gasteiger partial charge is 0.275 e.